The number of nitriles is 1. The summed E-state index contributed by atoms with van der Waals surface area (Å²) in [5, 5.41) is 9.19. The van der Waals surface area contributed by atoms with Gasteiger partial charge in [0.05, 0.1) is 31.4 Å². The number of hydrogen-bond acceptors (Lipinski definition) is 5. The van der Waals surface area contributed by atoms with Crippen molar-refractivity contribution in [3.8, 4) is 6.07 Å². The Hall–Kier alpha value is -1.58. The number of hydrogen-bond donors (Lipinski definition) is 0. The Labute approximate surface area is 127 Å². The number of benzene rings is 1. The molecule has 108 valence electrons. The summed E-state index contributed by atoms with van der Waals surface area (Å²) in [6, 6.07) is 7.59. The van der Waals surface area contributed by atoms with Crippen LogP contribution in [-0.2, 0) is 14.3 Å². The zero-order valence-corrected chi connectivity index (χ0v) is 13.1. The van der Waals surface area contributed by atoms with Gasteiger partial charge in [-0.3, -0.25) is 4.79 Å². The number of methoxy groups -OCH3 is 2. The van der Waals surface area contributed by atoms with Gasteiger partial charge in [-0.15, -0.1) is 0 Å². The fraction of sp³-hybridized carbons (Fsp3) is 0.429. The maximum atomic E-state index is 11.3. The van der Waals surface area contributed by atoms with Crippen molar-refractivity contribution in [2.45, 2.75) is 6.42 Å². The van der Waals surface area contributed by atoms with Crippen LogP contribution in [0.5, 0.6) is 0 Å². The molecule has 0 saturated carbocycles. The van der Waals surface area contributed by atoms with Gasteiger partial charge in [0.15, 0.2) is 0 Å². The summed E-state index contributed by atoms with van der Waals surface area (Å²) in [5.41, 5.74) is 1.34. The van der Waals surface area contributed by atoms with Gasteiger partial charge in [-0.2, -0.15) is 5.26 Å². The molecule has 1 aromatic carbocycles. The zero-order chi connectivity index (χ0) is 15.0. The quantitative estimate of drug-likeness (QED) is 0.713. The minimum absolute atomic E-state index is 0.262. The number of carbonyl (C=O) groups excluding carboxylic acids is 1. The molecule has 0 aliphatic carbocycles. The molecule has 1 rings (SSSR count). The second kappa shape index (κ2) is 8.56. The maximum absolute atomic E-state index is 11.3. The van der Waals surface area contributed by atoms with Crippen LogP contribution in [-0.4, -0.2) is 39.9 Å². The van der Waals surface area contributed by atoms with Crippen molar-refractivity contribution in [2.75, 3.05) is 38.8 Å². The van der Waals surface area contributed by atoms with E-state index in [4.69, 9.17) is 4.74 Å². The molecule has 0 fully saturated rings. The van der Waals surface area contributed by atoms with Crippen LogP contribution >= 0.6 is 15.9 Å². The van der Waals surface area contributed by atoms with E-state index in [-0.39, 0.29) is 12.4 Å². The van der Waals surface area contributed by atoms with Crippen molar-refractivity contribution in [3.05, 3.63) is 28.2 Å². The molecule has 0 heterocycles. The highest BCUT2D eigenvalue weighted by Crippen LogP contribution is 2.25. The number of esters is 1. The highest BCUT2D eigenvalue weighted by molar-refractivity contribution is 9.10. The average molecular weight is 341 g/mol. The highest BCUT2D eigenvalue weighted by Gasteiger charge is 2.13. The molecule has 0 aliphatic heterocycles. The normalized spacial score (nSPS) is 9.90. The Bertz CT molecular complexity index is 500. The number of halogens is 1. The number of nitrogens with zero attached hydrogens (tertiary/aromatic N) is 2. The Morgan fingerprint density at radius 1 is 1.40 bits per heavy atom. The van der Waals surface area contributed by atoms with E-state index in [0.29, 0.717) is 25.3 Å². The molecule has 20 heavy (non-hydrogen) atoms. The van der Waals surface area contributed by atoms with Crippen LogP contribution in [0.1, 0.15) is 12.0 Å². The molecule has 0 aliphatic rings. The smallest absolute Gasteiger partial charge is 0.307 e. The summed E-state index contributed by atoms with van der Waals surface area (Å²) in [5.74, 6) is -0.277. The summed E-state index contributed by atoms with van der Waals surface area (Å²) in [6.07, 6.45) is 0.262. The van der Waals surface area contributed by atoms with E-state index in [1.807, 2.05) is 17.0 Å². The minimum Gasteiger partial charge on any atom is -0.469 e. The third-order valence-electron chi connectivity index (χ3n) is 2.80. The molecule has 5 nitrogen and oxygen atoms in total. The topological polar surface area (TPSA) is 62.6 Å². The SMILES string of the molecule is COCCN(CCC(=O)OC)c1cc(Br)ccc1C#N. The first-order chi connectivity index (χ1) is 9.62. The van der Waals surface area contributed by atoms with Crippen molar-refractivity contribution < 1.29 is 14.3 Å². The van der Waals surface area contributed by atoms with Crippen LogP contribution in [0.2, 0.25) is 0 Å². The van der Waals surface area contributed by atoms with Gasteiger partial charge in [-0.05, 0) is 18.2 Å². The van der Waals surface area contributed by atoms with E-state index in [1.165, 1.54) is 7.11 Å². The Morgan fingerprint density at radius 2 is 2.15 bits per heavy atom. The van der Waals surface area contributed by atoms with Gasteiger partial charge in [0.25, 0.3) is 0 Å². The first-order valence-electron chi connectivity index (χ1n) is 6.12. The first kappa shape index (κ1) is 16.5. The standard InChI is InChI=1S/C14H17BrN2O3/c1-19-8-7-17(6-5-14(18)20-2)13-9-12(15)4-3-11(13)10-16/h3-4,9H,5-8H2,1-2H3. The molecule has 0 spiro atoms. The van der Waals surface area contributed by atoms with Gasteiger partial charge < -0.3 is 14.4 Å². The molecule has 0 atom stereocenters. The second-order valence-electron chi connectivity index (χ2n) is 4.08. The Kier molecular flexibility index (Phi) is 7.05. The van der Waals surface area contributed by atoms with Gasteiger partial charge in [-0.1, -0.05) is 15.9 Å². The van der Waals surface area contributed by atoms with Crippen LogP contribution in [0.25, 0.3) is 0 Å². The van der Waals surface area contributed by atoms with E-state index in [2.05, 4.69) is 26.7 Å². The minimum atomic E-state index is -0.277. The van der Waals surface area contributed by atoms with Crippen molar-refractivity contribution in [1.29, 1.82) is 5.26 Å². The molecule has 0 amide bonds. The lowest BCUT2D eigenvalue weighted by Gasteiger charge is -2.25. The lowest BCUT2D eigenvalue weighted by molar-refractivity contribution is -0.140. The van der Waals surface area contributed by atoms with Crippen LogP contribution in [0.3, 0.4) is 0 Å². The average Bonchev–Trinajstić information content (AvgIpc) is 2.47. The summed E-state index contributed by atoms with van der Waals surface area (Å²) in [6.45, 7) is 1.58. The molecular weight excluding hydrogens is 324 g/mol. The highest BCUT2D eigenvalue weighted by atomic mass is 79.9. The summed E-state index contributed by atoms with van der Waals surface area (Å²) in [4.78, 5) is 13.2. The van der Waals surface area contributed by atoms with Crippen molar-refractivity contribution in [1.82, 2.24) is 0 Å². The fourth-order valence-electron chi connectivity index (χ4n) is 1.74. The van der Waals surface area contributed by atoms with Gasteiger partial charge in [-0.25, -0.2) is 0 Å². The van der Waals surface area contributed by atoms with Crippen molar-refractivity contribution >= 4 is 27.6 Å². The summed E-state index contributed by atoms with van der Waals surface area (Å²) in [7, 11) is 2.98. The summed E-state index contributed by atoms with van der Waals surface area (Å²) >= 11 is 3.40. The van der Waals surface area contributed by atoms with E-state index >= 15 is 0 Å². The fourth-order valence-corrected chi connectivity index (χ4v) is 2.09. The maximum Gasteiger partial charge on any atom is 0.307 e. The van der Waals surface area contributed by atoms with E-state index in [0.717, 1.165) is 10.2 Å². The van der Waals surface area contributed by atoms with Gasteiger partial charge >= 0.3 is 5.97 Å². The number of carbonyl (C=O) groups is 1. The molecule has 0 radical (unpaired) electrons. The third kappa shape index (κ3) is 4.83. The van der Waals surface area contributed by atoms with Crippen LogP contribution in [0.15, 0.2) is 22.7 Å². The van der Waals surface area contributed by atoms with Gasteiger partial charge in [0.2, 0.25) is 0 Å². The third-order valence-corrected chi connectivity index (χ3v) is 3.29. The molecule has 1 aromatic rings. The number of ether oxygens (including phenoxy) is 2. The van der Waals surface area contributed by atoms with Crippen molar-refractivity contribution in [2.24, 2.45) is 0 Å². The molecule has 6 heteroatoms. The van der Waals surface area contributed by atoms with Gasteiger partial charge in [0, 0.05) is 24.7 Å². The molecule has 0 N–H and O–H groups in total. The van der Waals surface area contributed by atoms with E-state index in [1.54, 1.807) is 13.2 Å². The largest absolute Gasteiger partial charge is 0.469 e. The Morgan fingerprint density at radius 3 is 2.75 bits per heavy atom. The first-order valence-corrected chi connectivity index (χ1v) is 6.92. The number of anilines is 1. The second-order valence-corrected chi connectivity index (χ2v) is 4.99. The summed E-state index contributed by atoms with van der Waals surface area (Å²) < 4.78 is 10.6. The Balaban J connectivity index is 2.94. The molecule has 0 aromatic heterocycles. The predicted molar refractivity (Wildman–Crippen MR) is 79.6 cm³/mol. The lowest BCUT2D eigenvalue weighted by atomic mass is 10.1. The van der Waals surface area contributed by atoms with Crippen LogP contribution in [0, 0.1) is 11.3 Å². The molecule has 0 saturated heterocycles. The molecule has 0 unspecified atom stereocenters. The monoisotopic (exact) mass is 340 g/mol. The molecular formula is C14H17BrN2O3. The number of rotatable bonds is 7. The van der Waals surface area contributed by atoms with E-state index < -0.39 is 0 Å². The van der Waals surface area contributed by atoms with Crippen LogP contribution < -0.4 is 4.90 Å². The van der Waals surface area contributed by atoms with Gasteiger partial charge in [0.1, 0.15) is 6.07 Å². The zero-order valence-electron chi connectivity index (χ0n) is 11.6. The molecule has 0 bridgehead atoms. The van der Waals surface area contributed by atoms with Crippen molar-refractivity contribution in [3.63, 3.8) is 0 Å². The van der Waals surface area contributed by atoms with E-state index in [9.17, 15) is 10.1 Å². The van der Waals surface area contributed by atoms with Crippen LogP contribution in [0.4, 0.5) is 5.69 Å². The predicted octanol–water partition coefficient (Wildman–Crippen LogP) is 2.34. The lowest BCUT2D eigenvalue weighted by Crippen LogP contribution is -2.30.